The summed E-state index contributed by atoms with van der Waals surface area (Å²) in [7, 11) is 1.70. The van der Waals surface area contributed by atoms with Crippen LogP contribution in [0.4, 0.5) is 11.6 Å². The highest BCUT2D eigenvalue weighted by molar-refractivity contribution is 5.67. The second kappa shape index (κ2) is 15.8. The van der Waals surface area contributed by atoms with E-state index >= 15 is 0 Å². The van der Waals surface area contributed by atoms with Gasteiger partial charge in [0.25, 0.3) is 5.88 Å². The lowest BCUT2D eigenvalue weighted by atomic mass is 9.90. The topological polar surface area (TPSA) is 150 Å². The number of nitrogens with zero attached hydrogens (tertiary/aromatic N) is 9. The lowest BCUT2D eigenvalue weighted by molar-refractivity contribution is 0.00499. The second-order valence-electron chi connectivity index (χ2n) is 13.6. The van der Waals surface area contributed by atoms with Crippen LogP contribution in [0.2, 0.25) is 0 Å². The maximum Gasteiger partial charge on any atom is 0.256 e. The quantitative estimate of drug-likeness (QED) is 0.195. The standard InChI is InChI=1S/C35H46N10O4/c1-25(19-44-24-37-23-40-44)49-32-15-26(5-6-27(32)16-36)28-17-38-34(39-18-28)41-31-20-45(42-33(31)48-22-35(2,3)21-46-4)30-9-7-29(8-10-30)43-11-13-47-14-12-43/h5-6,15,17-18,20,23-25,29-30H,7-14,19,21-22H2,1-4H3,(H,38,39,41)/t25-,29?,30?/m0/s1. The normalized spacial score (nSPS) is 19.2. The van der Waals surface area contributed by atoms with Gasteiger partial charge >= 0.3 is 0 Å². The Morgan fingerprint density at radius 3 is 2.51 bits per heavy atom. The zero-order chi connectivity index (χ0) is 34.2. The van der Waals surface area contributed by atoms with Gasteiger partial charge in [-0.1, -0.05) is 19.9 Å². The first-order valence-electron chi connectivity index (χ1n) is 17.0. The third-order valence-corrected chi connectivity index (χ3v) is 9.01. The van der Waals surface area contributed by atoms with Crippen molar-refractivity contribution in [1.29, 1.82) is 5.26 Å². The molecule has 1 saturated heterocycles. The summed E-state index contributed by atoms with van der Waals surface area (Å²) < 4.78 is 27.2. The number of ether oxygens (including phenoxy) is 4. The van der Waals surface area contributed by atoms with Crippen LogP contribution < -0.4 is 14.8 Å². The molecule has 6 rings (SSSR count). The Morgan fingerprint density at radius 1 is 1.06 bits per heavy atom. The highest BCUT2D eigenvalue weighted by Gasteiger charge is 2.29. The number of benzene rings is 1. The zero-order valence-corrected chi connectivity index (χ0v) is 28.8. The number of hydrogen-bond donors (Lipinski definition) is 1. The molecule has 49 heavy (non-hydrogen) atoms. The van der Waals surface area contributed by atoms with Crippen molar-refractivity contribution in [2.75, 3.05) is 51.9 Å². The van der Waals surface area contributed by atoms with Crippen LogP contribution in [0.5, 0.6) is 11.6 Å². The third kappa shape index (κ3) is 8.91. The minimum Gasteiger partial charge on any atom is -0.487 e. The highest BCUT2D eigenvalue weighted by atomic mass is 16.5. The van der Waals surface area contributed by atoms with Crippen LogP contribution >= 0.6 is 0 Å². The number of anilines is 2. The summed E-state index contributed by atoms with van der Waals surface area (Å²) in [4.78, 5) is 15.8. The van der Waals surface area contributed by atoms with Crippen LogP contribution in [0.25, 0.3) is 11.1 Å². The smallest absolute Gasteiger partial charge is 0.256 e. The second-order valence-corrected chi connectivity index (χ2v) is 13.6. The van der Waals surface area contributed by atoms with Gasteiger partial charge in [0.2, 0.25) is 5.95 Å². The SMILES string of the molecule is COCC(C)(C)COc1nn(C2CCC(N3CCOCC3)CC2)cc1Nc1ncc(-c2ccc(C#N)c(O[C@@H](C)Cn3cncn3)c2)cn1. The molecule has 0 unspecified atom stereocenters. The van der Waals surface area contributed by atoms with Gasteiger partial charge in [-0.2, -0.15) is 10.4 Å². The predicted molar refractivity (Wildman–Crippen MR) is 183 cm³/mol. The van der Waals surface area contributed by atoms with Crippen LogP contribution in [-0.4, -0.2) is 98.2 Å². The fourth-order valence-corrected chi connectivity index (χ4v) is 6.48. The van der Waals surface area contributed by atoms with Crippen molar-refractivity contribution in [3.05, 3.63) is 55.0 Å². The Kier molecular flexibility index (Phi) is 11.0. The van der Waals surface area contributed by atoms with E-state index in [2.05, 4.69) is 50.2 Å². The first kappa shape index (κ1) is 34.3. The zero-order valence-electron chi connectivity index (χ0n) is 28.8. The first-order valence-corrected chi connectivity index (χ1v) is 17.0. The number of aromatic nitrogens is 7. The number of rotatable bonds is 14. The van der Waals surface area contributed by atoms with E-state index < -0.39 is 0 Å². The Balaban J connectivity index is 1.16. The van der Waals surface area contributed by atoms with E-state index in [1.54, 1.807) is 36.6 Å². The van der Waals surface area contributed by atoms with Gasteiger partial charge in [0, 0.05) is 49.6 Å². The molecule has 1 atom stereocenters. The molecule has 1 N–H and O–H groups in total. The van der Waals surface area contributed by atoms with Gasteiger partial charge < -0.3 is 24.3 Å². The van der Waals surface area contributed by atoms with E-state index in [1.165, 1.54) is 6.33 Å². The molecule has 14 heteroatoms. The molecule has 3 aromatic heterocycles. The maximum atomic E-state index is 9.69. The molecule has 0 bridgehead atoms. The number of nitrogens with one attached hydrogen (secondary N) is 1. The average molecular weight is 671 g/mol. The summed E-state index contributed by atoms with van der Waals surface area (Å²) in [6.45, 7) is 11.3. The molecule has 260 valence electrons. The van der Waals surface area contributed by atoms with Crippen molar-refractivity contribution >= 4 is 11.6 Å². The van der Waals surface area contributed by atoms with Gasteiger partial charge in [0.15, 0.2) is 0 Å². The average Bonchev–Trinajstić information content (AvgIpc) is 3.78. The van der Waals surface area contributed by atoms with E-state index in [4.69, 9.17) is 24.0 Å². The lowest BCUT2D eigenvalue weighted by Crippen LogP contribution is -2.45. The summed E-state index contributed by atoms with van der Waals surface area (Å²) in [6, 6.07) is 8.56. The minimum atomic E-state index is -0.232. The van der Waals surface area contributed by atoms with Gasteiger partial charge in [0.05, 0.1) is 50.8 Å². The van der Waals surface area contributed by atoms with Crippen LogP contribution in [0.3, 0.4) is 0 Å². The monoisotopic (exact) mass is 670 g/mol. The van der Waals surface area contributed by atoms with Crippen molar-refractivity contribution < 1.29 is 18.9 Å². The van der Waals surface area contributed by atoms with Crippen molar-refractivity contribution in [1.82, 2.24) is 39.4 Å². The molecule has 0 radical (unpaired) electrons. The van der Waals surface area contributed by atoms with Crippen LogP contribution in [0.1, 0.15) is 58.1 Å². The molecule has 1 aromatic carbocycles. The number of hydrogen-bond acceptors (Lipinski definition) is 12. The highest BCUT2D eigenvalue weighted by Crippen LogP contribution is 2.35. The fourth-order valence-electron chi connectivity index (χ4n) is 6.48. The molecular formula is C35H46N10O4. The molecule has 0 amide bonds. The van der Waals surface area contributed by atoms with Gasteiger partial charge in [-0.3, -0.25) is 9.58 Å². The van der Waals surface area contributed by atoms with Gasteiger partial charge in [-0.05, 0) is 50.3 Å². The van der Waals surface area contributed by atoms with Crippen LogP contribution in [0.15, 0.2) is 49.4 Å². The molecule has 4 heterocycles. The minimum absolute atomic E-state index is 0.192. The Bertz CT molecular complexity index is 1670. The maximum absolute atomic E-state index is 9.69. The molecule has 14 nitrogen and oxygen atoms in total. The van der Waals surface area contributed by atoms with Gasteiger partial charge in [0.1, 0.15) is 36.3 Å². The predicted octanol–water partition coefficient (Wildman–Crippen LogP) is 4.88. The molecule has 1 saturated carbocycles. The first-order chi connectivity index (χ1) is 23.8. The number of nitriles is 1. The summed E-state index contributed by atoms with van der Waals surface area (Å²) in [5.74, 6) is 1.42. The molecular weight excluding hydrogens is 624 g/mol. The van der Waals surface area contributed by atoms with E-state index in [0.29, 0.717) is 54.6 Å². The molecule has 0 spiro atoms. The number of methoxy groups -OCH3 is 1. The molecule has 2 aliphatic rings. The Hall–Kier alpha value is -4.58. The largest absolute Gasteiger partial charge is 0.487 e. The van der Waals surface area contributed by atoms with E-state index in [0.717, 1.165) is 63.1 Å². The van der Waals surface area contributed by atoms with Crippen LogP contribution in [-0.2, 0) is 16.0 Å². The molecule has 1 aliphatic heterocycles. The van der Waals surface area contributed by atoms with Gasteiger partial charge in [-0.25, -0.2) is 19.6 Å². The summed E-state index contributed by atoms with van der Waals surface area (Å²) >= 11 is 0. The molecule has 4 aromatic rings. The van der Waals surface area contributed by atoms with Crippen LogP contribution in [0, 0.1) is 16.7 Å². The Morgan fingerprint density at radius 2 is 1.82 bits per heavy atom. The van der Waals surface area contributed by atoms with Crippen molar-refractivity contribution in [3.8, 4) is 28.8 Å². The Labute approximate surface area is 287 Å². The van der Waals surface area contributed by atoms with Crippen molar-refractivity contribution in [2.24, 2.45) is 5.41 Å². The van der Waals surface area contributed by atoms with E-state index in [9.17, 15) is 5.26 Å². The molecule has 2 fully saturated rings. The van der Waals surface area contributed by atoms with Gasteiger partial charge in [-0.15, -0.1) is 5.10 Å². The molecule has 1 aliphatic carbocycles. The summed E-state index contributed by atoms with van der Waals surface area (Å²) in [5.41, 5.74) is 2.59. The fraction of sp³-hybridized carbons (Fsp3) is 0.543. The van der Waals surface area contributed by atoms with Crippen molar-refractivity contribution in [3.63, 3.8) is 0 Å². The lowest BCUT2D eigenvalue weighted by Gasteiger charge is -2.38. The van der Waals surface area contributed by atoms with E-state index in [1.807, 2.05) is 29.9 Å². The summed E-state index contributed by atoms with van der Waals surface area (Å²) in [6.07, 6.45) is 12.8. The van der Waals surface area contributed by atoms with Crippen molar-refractivity contribution in [2.45, 2.75) is 71.2 Å². The van der Waals surface area contributed by atoms with E-state index in [-0.39, 0.29) is 17.6 Å². The third-order valence-electron chi connectivity index (χ3n) is 9.01. The number of morpholine rings is 1. The summed E-state index contributed by atoms with van der Waals surface area (Å²) in [5, 5.41) is 22.1.